The number of hydrogen-bond acceptors (Lipinski definition) is 5. The fraction of sp³-hybridized carbons (Fsp3) is 0.217. The molecule has 0 aliphatic carbocycles. The van der Waals surface area contributed by atoms with E-state index in [9.17, 15) is 19.6 Å². The third-order valence-corrected chi connectivity index (χ3v) is 5.60. The lowest BCUT2D eigenvalue weighted by atomic mass is 9.75. The molecule has 3 rings (SSSR count). The highest BCUT2D eigenvalue weighted by Gasteiger charge is 2.29. The van der Waals surface area contributed by atoms with E-state index in [0.717, 1.165) is 16.7 Å². The molecule has 8 heteroatoms. The largest absolute Gasteiger partial charge is 0.475 e. The maximum absolute atomic E-state index is 13.0. The van der Waals surface area contributed by atoms with Crippen molar-refractivity contribution in [2.24, 2.45) is 0 Å². The Labute approximate surface area is 186 Å². The summed E-state index contributed by atoms with van der Waals surface area (Å²) in [5.74, 6) is -1.63. The number of nitrogens with one attached hydrogen (secondary N) is 2. The summed E-state index contributed by atoms with van der Waals surface area (Å²) in [6, 6.07) is 19.7. The molecule has 2 amide bonds. The van der Waals surface area contributed by atoms with Crippen molar-refractivity contribution in [1.29, 1.82) is 0 Å². The van der Waals surface area contributed by atoms with Crippen molar-refractivity contribution < 1.29 is 19.6 Å². The van der Waals surface area contributed by atoms with Crippen molar-refractivity contribution in [2.75, 3.05) is 0 Å². The minimum Gasteiger partial charge on any atom is -0.426 e. The van der Waals surface area contributed by atoms with Crippen LogP contribution in [0.15, 0.2) is 77.5 Å². The average Bonchev–Trinajstić information content (AvgIpc) is 3.27. The molecule has 4 N–H and O–H groups in total. The second kappa shape index (κ2) is 11.5. The van der Waals surface area contributed by atoms with Crippen LogP contribution in [0.1, 0.15) is 16.7 Å². The number of hydrogen-bond donors (Lipinski definition) is 4. The first-order valence-electron chi connectivity index (χ1n) is 10.1. The van der Waals surface area contributed by atoms with Gasteiger partial charge in [-0.25, -0.2) is 0 Å². The zero-order valence-electron chi connectivity index (χ0n) is 17.0. The molecule has 31 heavy (non-hydrogen) atoms. The van der Waals surface area contributed by atoms with Gasteiger partial charge in [-0.15, -0.1) is 0 Å². The van der Waals surface area contributed by atoms with Crippen molar-refractivity contribution in [3.8, 4) is 0 Å². The summed E-state index contributed by atoms with van der Waals surface area (Å²) < 4.78 is 0. The van der Waals surface area contributed by atoms with E-state index in [1.165, 1.54) is 11.3 Å². The van der Waals surface area contributed by atoms with Crippen molar-refractivity contribution in [3.05, 3.63) is 94.2 Å². The molecule has 0 fully saturated rings. The Bertz CT molecular complexity index is 952. The Morgan fingerprint density at radius 1 is 0.839 bits per heavy atom. The molecule has 2 aromatic carbocycles. The van der Waals surface area contributed by atoms with Crippen LogP contribution in [0.3, 0.4) is 0 Å². The minimum atomic E-state index is -1.73. The maximum Gasteiger partial charge on any atom is 0.475 e. The molecule has 6 nitrogen and oxygen atoms in total. The Morgan fingerprint density at radius 3 is 2.00 bits per heavy atom. The number of amides is 2. The number of carbonyl (C=O) groups excluding carboxylic acids is 2. The lowest BCUT2D eigenvalue weighted by Crippen LogP contribution is -2.55. The lowest BCUT2D eigenvalue weighted by molar-refractivity contribution is -0.128. The fourth-order valence-electron chi connectivity index (χ4n) is 3.27. The van der Waals surface area contributed by atoms with Crippen molar-refractivity contribution in [3.63, 3.8) is 0 Å². The molecule has 3 aromatic rings. The van der Waals surface area contributed by atoms with Crippen molar-refractivity contribution in [1.82, 2.24) is 10.6 Å². The molecule has 0 aliphatic rings. The smallest absolute Gasteiger partial charge is 0.426 e. The van der Waals surface area contributed by atoms with Gasteiger partial charge in [0.2, 0.25) is 11.8 Å². The van der Waals surface area contributed by atoms with E-state index < -0.39 is 25.0 Å². The molecule has 0 saturated carbocycles. The van der Waals surface area contributed by atoms with E-state index in [0.29, 0.717) is 6.42 Å². The van der Waals surface area contributed by atoms with E-state index in [4.69, 9.17) is 0 Å². The first kappa shape index (κ1) is 22.7. The van der Waals surface area contributed by atoms with Gasteiger partial charge >= 0.3 is 7.12 Å². The van der Waals surface area contributed by atoms with Crippen LogP contribution in [0, 0.1) is 0 Å². The molecular formula is C23H25BN2O4S. The molecule has 160 valence electrons. The quantitative estimate of drug-likeness (QED) is 0.364. The summed E-state index contributed by atoms with van der Waals surface area (Å²) in [7, 11) is -1.73. The van der Waals surface area contributed by atoms with Crippen LogP contribution in [0.25, 0.3) is 0 Å². The predicted molar refractivity (Wildman–Crippen MR) is 122 cm³/mol. The normalized spacial score (nSPS) is 12.6. The topological polar surface area (TPSA) is 98.7 Å². The van der Waals surface area contributed by atoms with E-state index in [1.54, 1.807) is 0 Å². The molecule has 0 saturated heterocycles. The molecule has 2 atom stereocenters. The van der Waals surface area contributed by atoms with Crippen LogP contribution in [0.4, 0.5) is 0 Å². The van der Waals surface area contributed by atoms with Gasteiger partial charge < -0.3 is 20.7 Å². The van der Waals surface area contributed by atoms with Crippen molar-refractivity contribution >= 4 is 30.3 Å². The summed E-state index contributed by atoms with van der Waals surface area (Å²) in [5, 5.41) is 28.9. The molecule has 1 heterocycles. The lowest BCUT2D eigenvalue weighted by Gasteiger charge is -2.23. The molecular weight excluding hydrogens is 411 g/mol. The van der Waals surface area contributed by atoms with Gasteiger partial charge in [0.05, 0.1) is 12.4 Å². The Morgan fingerprint density at radius 2 is 1.45 bits per heavy atom. The summed E-state index contributed by atoms with van der Waals surface area (Å²) >= 11 is 1.51. The summed E-state index contributed by atoms with van der Waals surface area (Å²) in [6.07, 6.45) is 0.727. The summed E-state index contributed by atoms with van der Waals surface area (Å²) in [5.41, 5.74) is 2.64. The maximum atomic E-state index is 13.0. The Balaban J connectivity index is 1.70. The molecule has 0 bridgehead atoms. The SMILES string of the molecule is O=C(Cc1ccsc1)N[C@@H](Cc1ccccc1)C(=O)N[C@@H](Cc1ccccc1)B(O)O. The van der Waals surface area contributed by atoms with E-state index in [1.807, 2.05) is 77.5 Å². The van der Waals surface area contributed by atoms with Crippen LogP contribution >= 0.6 is 11.3 Å². The van der Waals surface area contributed by atoms with Gasteiger partial charge in [-0.2, -0.15) is 11.3 Å². The van der Waals surface area contributed by atoms with E-state index in [-0.39, 0.29) is 18.7 Å². The monoisotopic (exact) mass is 436 g/mol. The number of rotatable bonds is 10. The van der Waals surface area contributed by atoms with Gasteiger partial charge in [0.15, 0.2) is 0 Å². The molecule has 0 unspecified atom stereocenters. The highest BCUT2D eigenvalue weighted by atomic mass is 32.1. The highest BCUT2D eigenvalue weighted by molar-refractivity contribution is 7.08. The molecule has 0 radical (unpaired) electrons. The minimum absolute atomic E-state index is 0.179. The van der Waals surface area contributed by atoms with Crippen LogP contribution < -0.4 is 10.6 Å². The van der Waals surface area contributed by atoms with Gasteiger partial charge in [0.1, 0.15) is 6.04 Å². The Kier molecular flexibility index (Phi) is 8.40. The van der Waals surface area contributed by atoms with Gasteiger partial charge in [-0.1, -0.05) is 60.7 Å². The Hall–Kier alpha value is -2.94. The van der Waals surface area contributed by atoms with Crippen LogP contribution in [-0.2, 0) is 28.9 Å². The summed E-state index contributed by atoms with van der Waals surface area (Å²) in [4.78, 5) is 25.6. The van der Waals surface area contributed by atoms with E-state index >= 15 is 0 Å². The predicted octanol–water partition coefficient (Wildman–Crippen LogP) is 1.76. The third-order valence-electron chi connectivity index (χ3n) is 4.87. The standard InChI is InChI=1S/C23H25BN2O4S/c27-22(15-19-11-12-31-16-19)25-20(13-17-7-3-1-4-8-17)23(28)26-21(24(29)30)14-18-9-5-2-6-10-18/h1-12,16,20-21,29-30H,13-15H2,(H,25,27)(H,26,28)/t20-,21-/m0/s1. The molecule has 1 aromatic heterocycles. The second-order valence-corrected chi connectivity index (χ2v) is 8.12. The average molecular weight is 436 g/mol. The van der Waals surface area contributed by atoms with Gasteiger partial charge in [-0.3, -0.25) is 9.59 Å². The van der Waals surface area contributed by atoms with Gasteiger partial charge in [-0.05, 0) is 39.9 Å². The number of carbonyl (C=O) groups is 2. The third kappa shape index (κ3) is 7.36. The zero-order chi connectivity index (χ0) is 22.1. The summed E-state index contributed by atoms with van der Waals surface area (Å²) in [6.45, 7) is 0. The zero-order valence-corrected chi connectivity index (χ0v) is 17.8. The molecule has 0 aliphatic heterocycles. The molecule has 0 spiro atoms. The van der Waals surface area contributed by atoms with Crippen LogP contribution in [0.5, 0.6) is 0 Å². The first-order valence-corrected chi connectivity index (χ1v) is 11.0. The van der Waals surface area contributed by atoms with Gasteiger partial charge in [0, 0.05) is 6.42 Å². The van der Waals surface area contributed by atoms with Gasteiger partial charge in [0.25, 0.3) is 0 Å². The fourth-order valence-corrected chi connectivity index (χ4v) is 3.93. The van der Waals surface area contributed by atoms with E-state index in [2.05, 4.69) is 10.6 Å². The van der Waals surface area contributed by atoms with Crippen molar-refractivity contribution in [2.45, 2.75) is 31.2 Å². The first-order chi connectivity index (χ1) is 15.0. The number of thiophene rings is 1. The van der Waals surface area contributed by atoms with Crippen LogP contribution in [0.2, 0.25) is 0 Å². The number of benzene rings is 2. The second-order valence-electron chi connectivity index (χ2n) is 7.34. The highest BCUT2D eigenvalue weighted by Crippen LogP contribution is 2.09. The van der Waals surface area contributed by atoms with Crippen LogP contribution in [-0.4, -0.2) is 41.0 Å².